The van der Waals surface area contributed by atoms with Crippen LogP contribution in [0.3, 0.4) is 0 Å². The molecule has 2 aliphatic rings. The molecule has 1 atom stereocenters. The van der Waals surface area contributed by atoms with Crippen LogP contribution < -0.4 is 10.6 Å². The molecule has 4 heteroatoms. The maximum Gasteiger partial charge on any atom is 0.224 e. The van der Waals surface area contributed by atoms with Crippen LogP contribution in [-0.4, -0.2) is 37.7 Å². The quantitative estimate of drug-likeness (QED) is 0.865. The van der Waals surface area contributed by atoms with Crippen LogP contribution in [0.4, 0.5) is 0 Å². The Morgan fingerprint density at radius 2 is 2.15 bits per heavy atom. The van der Waals surface area contributed by atoms with E-state index in [0.29, 0.717) is 13.2 Å². The van der Waals surface area contributed by atoms with Gasteiger partial charge in [0.1, 0.15) is 0 Å². The first-order valence-electron chi connectivity index (χ1n) is 7.42. The molecule has 20 heavy (non-hydrogen) atoms. The fourth-order valence-electron chi connectivity index (χ4n) is 2.99. The summed E-state index contributed by atoms with van der Waals surface area (Å²) in [6, 6.07) is 10.3. The number of ether oxygens (including phenoxy) is 1. The number of hydrogen-bond donors (Lipinski definition) is 2. The molecule has 2 saturated heterocycles. The monoisotopic (exact) mass is 274 g/mol. The Kier molecular flexibility index (Phi) is 4.03. The number of rotatable bonds is 4. The summed E-state index contributed by atoms with van der Waals surface area (Å²) in [5.41, 5.74) is 1.05. The molecule has 0 aromatic heterocycles. The van der Waals surface area contributed by atoms with Gasteiger partial charge in [0, 0.05) is 13.0 Å². The summed E-state index contributed by atoms with van der Waals surface area (Å²) < 4.78 is 5.37. The van der Waals surface area contributed by atoms with Crippen molar-refractivity contribution in [3.05, 3.63) is 35.9 Å². The maximum absolute atomic E-state index is 12.4. The third kappa shape index (κ3) is 3.02. The Morgan fingerprint density at radius 3 is 2.75 bits per heavy atom. The summed E-state index contributed by atoms with van der Waals surface area (Å²) in [5, 5.41) is 6.54. The van der Waals surface area contributed by atoms with E-state index in [0.717, 1.165) is 32.4 Å². The van der Waals surface area contributed by atoms with Gasteiger partial charge in [-0.25, -0.2) is 0 Å². The molecule has 1 unspecified atom stereocenters. The minimum absolute atomic E-state index is 0.108. The second-order valence-corrected chi connectivity index (χ2v) is 5.97. The number of amides is 1. The van der Waals surface area contributed by atoms with Gasteiger partial charge in [-0.3, -0.25) is 4.79 Å². The Balaban J connectivity index is 1.62. The van der Waals surface area contributed by atoms with Gasteiger partial charge in [-0.2, -0.15) is 0 Å². The van der Waals surface area contributed by atoms with E-state index in [9.17, 15) is 4.79 Å². The molecule has 2 fully saturated rings. The van der Waals surface area contributed by atoms with Crippen molar-refractivity contribution in [1.29, 1.82) is 0 Å². The summed E-state index contributed by atoms with van der Waals surface area (Å²) in [7, 11) is 0. The van der Waals surface area contributed by atoms with Crippen LogP contribution in [0, 0.1) is 5.92 Å². The highest BCUT2D eigenvalue weighted by atomic mass is 16.5. The predicted molar refractivity (Wildman–Crippen MR) is 77.4 cm³/mol. The van der Waals surface area contributed by atoms with Crippen LogP contribution in [0.15, 0.2) is 30.3 Å². The standard InChI is InChI=1S/C16H22N2O2/c19-15(14-7-4-8-17-10-14)18-16(11-20-12-16)9-13-5-2-1-3-6-13/h1-3,5-6,14,17H,4,7-12H2,(H,18,19). The average Bonchev–Trinajstić information content (AvgIpc) is 2.47. The van der Waals surface area contributed by atoms with E-state index in [1.54, 1.807) is 0 Å². The second-order valence-electron chi connectivity index (χ2n) is 5.97. The minimum Gasteiger partial charge on any atom is -0.376 e. The highest BCUT2D eigenvalue weighted by Crippen LogP contribution is 2.24. The van der Waals surface area contributed by atoms with Crippen LogP contribution in [0.25, 0.3) is 0 Å². The van der Waals surface area contributed by atoms with Crippen molar-refractivity contribution in [3.8, 4) is 0 Å². The first-order chi connectivity index (χ1) is 9.77. The zero-order chi connectivity index (χ0) is 13.8. The summed E-state index contributed by atoms with van der Waals surface area (Å²) in [6.45, 7) is 3.07. The summed E-state index contributed by atoms with van der Waals surface area (Å²) >= 11 is 0. The Labute approximate surface area is 119 Å². The lowest BCUT2D eigenvalue weighted by Crippen LogP contribution is -2.64. The Hall–Kier alpha value is -1.39. The van der Waals surface area contributed by atoms with Crippen molar-refractivity contribution in [2.45, 2.75) is 24.8 Å². The molecule has 4 nitrogen and oxygen atoms in total. The van der Waals surface area contributed by atoms with Gasteiger partial charge in [-0.05, 0) is 24.9 Å². The Bertz CT molecular complexity index is 451. The molecular formula is C16H22N2O2. The number of hydrogen-bond acceptors (Lipinski definition) is 3. The summed E-state index contributed by atoms with van der Waals surface area (Å²) in [6.07, 6.45) is 2.92. The van der Waals surface area contributed by atoms with Gasteiger partial charge >= 0.3 is 0 Å². The Morgan fingerprint density at radius 1 is 1.35 bits per heavy atom. The van der Waals surface area contributed by atoms with Crippen molar-refractivity contribution in [3.63, 3.8) is 0 Å². The molecule has 0 radical (unpaired) electrons. The third-order valence-corrected chi connectivity index (χ3v) is 4.20. The minimum atomic E-state index is -0.199. The van der Waals surface area contributed by atoms with Crippen LogP contribution in [0.1, 0.15) is 18.4 Å². The number of carbonyl (C=O) groups excluding carboxylic acids is 1. The molecule has 3 rings (SSSR count). The molecule has 0 saturated carbocycles. The molecule has 1 aromatic carbocycles. The first kappa shape index (κ1) is 13.6. The molecule has 1 aromatic rings. The zero-order valence-electron chi connectivity index (χ0n) is 11.7. The van der Waals surface area contributed by atoms with Crippen molar-refractivity contribution in [2.75, 3.05) is 26.3 Å². The molecule has 2 heterocycles. The van der Waals surface area contributed by atoms with E-state index in [-0.39, 0.29) is 17.4 Å². The first-order valence-corrected chi connectivity index (χ1v) is 7.42. The number of nitrogens with one attached hydrogen (secondary N) is 2. The largest absolute Gasteiger partial charge is 0.376 e. The molecule has 1 amide bonds. The lowest BCUT2D eigenvalue weighted by atomic mass is 9.87. The van der Waals surface area contributed by atoms with Gasteiger partial charge in [0.2, 0.25) is 5.91 Å². The SMILES string of the molecule is O=C(NC1(Cc2ccccc2)COC1)C1CCCNC1. The van der Waals surface area contributed by atoms with Gasteiger partial charge in [0.25, 0.3) is 0 Å². The van der Waals surface area contributed by atoms with Crippen molar-refractivity contribution in [1.82, 2.24) is 10.6 Å². The van der Waals surface area contributed by atoms with Crippen LogP contribution in [0.5, 0.6) is 0 Å². The molecule has 2 N–H and O–H groups in total. The smallest absolute Gasteiger partial charge is 0.224 e. The molecular weight excluding hydrogens is 252 g/mol. The lowest BCUT2D eigenvalue weighted by Gasteiger charge is -2.43. The number of piperidine rings is 1. The van der Waals surface area contributed by atoms with E-state index in [4.69, 9.17) is 4.74 Å². The maximum atomic E-state index is 12.4. The van der Waals surface area contributed by atoms with E-state index >= 15 is 0 Å². The average molecular weight is 274 g/mol. The zero-order valence-corrected chi connectivity index (χ0v) is 11.7. The highest BCUT2D eigenvalue weighted by Gasteiger charge is 2.41. The van der Waals surface area contributed by atoms with Crippen LogP contribution in [-0.2, 0) is 16.0 Å². The van der Waals surface area contributed by atoms with Gasteiger partial charge in [-0.1, -0.05) is 30.3 Å². The number of benzene rings is 1. The van der Waals surface area contributed by atoms with Gasteiger partial charge < -0.3 is 15.4 Å². The normalized spacial score (nSPS) is 24.7. The van der Waals surface area contributed by atoms with E-state index in [1.165, 1.54) is 5.56 Å². The van der Waals surface area contributed by atoms with Gasteiger partial charge in [-0.15, -0.1) is 0 Å². The third-order valence-electron chi connectivity index (χ3n) is 4.20. The second kappa shape index (κ2) is 5.94. The summed E-state index contributed by atoms with van der Waals surface area (Å²) in [4.78, 5) is 12.4. The van der Waals surface area contributed by atoms with Crippen molar-refractivity contribution < 1.29 is 9.53 Å². The molecule has 2 aliphatic heterocycles. The lowest BCUT2D eigenvalue weighted by molar-refractivity contribution is -0.137. The summed E-state index contributed by atoms with van der Waals surface area (Å²) in [5.74, 6) is 0.286. The topological polar surface area (TPSA) is 50.4 Å². The van der Waals surface area contributed by atoms with Gasteiger partial charge in [0.15, 0.2) is 0 Å². The molecule has 0 spiro atoms. The van der Waals surface area contributed by atoms with Crippen LogP contribution in [0.2, 0.25) is 0 Å². The molecule has 0 bridgehead atoms. The fourth-order valence-corrected chi connectivity index (χ4v) is 2.99. The fraction of sp³-hybridized carbons (Fsp3) is 0.562. The number of carbonyl (C=O) groups is 1. The highest BCUT2D eigenvalue weighted by molar-refractivity contribution is 5.80. The van der Waals surface area contributed by atoms with Gasteiger partial charge in [0.05, 0.1) is 24.7 Å². The van der Waals surface area contributed by atoms with E-state index < -0.39 is 0 Å². The molecule has 0 aliphatic carbocycles. The molecule has 108 valence electrons. The van der Waals surface area contributed by atoms with Crippen molar-refractivity contribution in [2.24, 2.45) is 5.92 Å². The van der Waals surface area contributed by atoms with Crippen LogP contribution >= 0.6 is 0 Å². The van der Waals surface area contributed by atoms with E-state index in [2.05, 4.69) is 22.8 Å². The predicted octanol–water partition coefficient (Wildman–Crippen LogP) is 1.11. The van der Waals surface area contributed by atoms with Crippen molar-refractivity contribution >= 4 is 5.91 Å². The van der Waals surface area contributed by atoms with E-state index in [1.807, 2.05) is 18.2 Å².